The number of carbonyl (C=O) groups is 3. The van der Waals surface area contributed by atoms with Crippen molar-refractivity contribution in [3.8, 4) is 0 Å². The molecular weight excluding hydrogens is 400 g/mol. The molecule has 3 atom stereocenters. The maximum absolute atomic E-state index is 13.9. The zero-order valence-corrected chi connectivity index (χ0v) is 18.9. The van der Waals surface area contributed by atoms with Crippen molar-refractivity contribution in [2.24, 2.45) is 11.3 Å². The van der Waals surface area contributed by atoms with Gasteiger partial charge in [0.1, 0.15) is 17.3 Å². The Morgan fingerprint density at radius 1 is 1.32 bits per heavy atom. The number of carbonyl (C=O) groups excluding carboxylic acids is 2. The Labute approximate surface area is 183 Å². The third kappa shape index (κ3) is 4.63. The summed E-state index contributed by atoms with van der Waals surface area (Å²) in [5.74, 6) is -1.91. The Balaban J connectivity index is 2.12. The number of carboxylic acids is 1. The van der Waals surface area contributed by atoms with Gasteiger partial charge in [-0.1, -0.05) is 20.8 Å². The molecule has 0 aliphatic carbocycles. The highest BCUT2D eigenvalue weighted by atomic mass is 16.5. The van der Waals surface area contributed by atoms with Crippen LogP contribution in [0.2, 0.25) is 0 Å². The number of hydrogen-bond acceptors (Lipinski definition) is 5. The van der Waals surface area contributed by atoms with E-state index in [4.69, 9.17) is 9.15 Å². The molecule has 2 aliphatic rings. The standard InChI is InChI=1S/C23H34N2O6/c1-22(2,3)15-18(26)25-19(17-8-7-12-31-17)16(20(27)28)14-23(25)9-5-6-10-24(21(23)29)11-13-30-4/h7-8,12,16,19H,5-6,9-11,13-15H2,1-4H3,(H,27,28)/t16-,19+,23-/m0/s1. The van der Waals surface area contributed by atoms with E-state index in [0.717, 1.165) is 12.8 Å². The molecular formula is C23H34N2O6. The number of rotatable bonds is 6. The van der Waals surface area contributed by atoms with Crippen LogP contribution in [0.5, 0.6) is 0 Å². The number of amides is 2. The lowest BCUT2D eigenvalue weighted by molar-refractivity contribution is -0.155. The monoisotopic (exact) mass is 434 g/mol. The minimum absolute atomic E-state index is 0.0892. The van der Waals surface area contributed by atoms with Crippen molar-refractivity contribution in [2.45, 2.75) is 64.5 Å². The molecule has 8 nitrogen and oxygen atoms in total. The molecule has 0 aromatic carbocycles. The molecule has 1 spiro atoms. The van der Waals surface area contributed by atoms with Gasteiger partial charge in [-0.05, 0) is 43.2 Å². The quantitative estimate of drug-likeness (QED) is 0.738. The maximum Gasteiger partial charge on any atom is 0.309 e. The summed E-state index contributed by atoms with van der Waals surface area (Å²) in [6.07, 6.45) is 3.78. The molecule has 2 amide bonds. The fraction of sp³-hybridized carbons (Fsp3) is 0.696. The highest BCUT2D eigenvalue weighted by molar-refractivity contribution is 5.94. The van der Waals surface area contributed by atoms with E-state index in [-0.39, 0.29) is 30.1 Å². The number of carboxylic acid groups (broad SMARTS) is 1. The van der Waals surface area contributed by atoms with Crippen LogP contribution in [0.4, 0.5) is 0 Å². The molecule has 0 unspecified atom stereocenters. The minimum atomic E-state index is -1.19. The highest BCUT2D eigenvalue weighted by Crippen LogP contribution is 2.51. The third-order valence-electron chi connectivity index (χ3n) is 6.30. The molecule has 31 heavy (non-hydrogen) atoms. The highest BCUT2D eigenvalue weighted by Gasteiger charge is 2.62. The first-order valence-corrected chi connectivity index (χ1v) is 11.0. The van der Waals surface area contributed by atoms with Crippen LogP contribution >= 0.6 is 0 Å². The van der Waals surface area contributed by atoms with Crippen molar-refractivity contribution in [3.63, 3.8) is 0 Å². The Morgan fingerprint density at radius 2 is 2.06 bits per heavy atom. The summed E-state index contributed by atoms with van der Waals surface area (Å²) in [5.41, 5.74) is -1.50. The number of methoxy groups -OCH3 is 1. The molecule has 0 bridgehead atoms. The van der Waals surface area contributed by atoms with Gasteiger partial charge in [-0.15, -0.1) is 0 Å². The SMILES string of the molecule is COCCN1CCCC[C@]2(C[C@H](C(=O)O)[C@H](c3ccco3)N2C(=O)CC(C)(C)C)C1=O. The Kier molecular flexibility index (Phi) is 6.79. The van der Waals surface area contributed by atoms with Gasteiger partial charge in [0.25, 0.3) is 0 Å². The molecule has 3 rings (SSSR count). The summed E-state index contributed by atoms with van der Waals surface area (Å²) >= 11 is 0. The van der Waals surface area contributed by atoms with E-state index in [1.165, 1.54) is 6.26 Å². The van der Waals surface area contributed by atoms with E-state index in [0.29, 0.717) is 31.9 Å². The Bertz CT molecular complexity index is 799. The molecule has 172 valence electrons. The predicted molar refractivity (Wildman–Crippen MR) is 113 cm³/mol. The van der Waals surface area contributed by atoms with Crippen LogP contribution in [0.25, 0.3) is 0 Å². The molecule has 2 saturated heterocycles. The largest absolute Gasteiger partial charge is 0.481 e. The van der Waals surface area contributed by atoms with Crippen LogP contribution < -0.4 is 0 Å². The lowest BCUT2D eigenvalue weighted by Crippen LogP contribution is -2.58. The van der Waals surface area contributed by atoms with Crippen LogP contribution in [-0.2, 0) is 19.1 Å². The third-order valence-corrected chi connectivity index (χ3v) is 6.30. The number of likely N-dealkylation sites (tertiary alicyclic amines) is 2. The molecule has 0 saturated carbocycles. The van der Waals surface area contributed by atoms with E-state index >= 15 is 0 Å². The second-order valence-corrected chi connectivity index (χ2v) is 9.88. The van der Waals surface area contributed by atoms with Crippen LogP contribution in [0.3, 0.4) is 0 Å². The van der Waals surface area contributed by atoms with Crippen LogP contribution in [-0.4, -0.2) is 65.0 Å². The van der Waals surface area contributed by atoms with Crippen molar-refractivity contribution in [1.29, 1.82) is 0 Å². The van der Waals surface area contributed by atoms with Gasteiger partial charge >= 0.3 is 5.97 Å². The number of hydrogen-bond donors (Lipinski definition) is 1. The van der Waals surface area contributed by atoms with Crippen LogP contribution in [0.1, 0.15) is 64.7 Å². The second kappa shape index (κ2) is 9.02. The van der Waals surface area contributed by atoms with Crippen LogP contribution in [0, 0.1) is 11.3 Å². The Hall–Kier alpha value is -2.35. The lowest BCUT2D eigenvalue weighted by Gasteiger charge is -2.42. The molecule has 1 aromatic heterocycles. The van der Waals surface area contributed by atoms with E-state index in [1.807, 2.05) is 20.8 Å². The maximum atomic E-state index is 13.9. The first-order chi connectivity index (χ1) is 14.6. The summed E-state index contributed by atoms with van der Waals surface area (Å²) in [6.45, 7) is 7.27. The van der Waals surface area contributed by atoms with Gasteiger partial charge in [-0.25, -0.2) is 0 Å². The number of nitrogens with zero attached hydrogens (tertiary/aromatic N) is 2. The zero-order chi connectivity index (χ0) is 22.8. The fourth-order valence-corrected chi connectivity index (χ4v) is 5.01. The number of aliphatic carboxylic acids is 1. The van der Waals surface area contributed by atoms with Gasteiger partial charge < -0.3 is 24.1 Å². The Morgan fingerprint density at radius 3 is 2.65 bits per heavy atom. The second-order valence-electron chi connectivity index (χ2n) is 9.88. The molecule has 8 heteroatoms. The summed E-state index contributed by atoms with van der Waals surface area (Å²) in [4.78, 5) is 43.2. The van der Waals surface area contributed by atoms with E-state index in [2.05, 4.69) is 0 Å². The lowest BCUT2D eigenvalue weighted by atomic mass is 9.85. The average molecular weight is 435 g/mol. The summed E-state index contributed by atoms with van der Waals surface area (Å²) < 4.78 is 10.8. The van der Waals surface area contributed by atoms with Crippen molar-refractivity contribution in [1.82, 2.24) is 9.80 Å². The summed E-state index contributed by atoms with van der Waals surface area (Å²) in [5, 5.41) is 10.1. The van der Waals surface area contributed by atoms with Crippen molar-refractivity contribution in [3.05, 3.63) is 24.2 Å². The van der Waals surface area contributed by atoms with Crippen molar-refractivity contribution in [2.75, 3.05) is 26.8 Å². The normalized spacial score (nSPS) is 27.0. The van der Waals surface area contributed by atoms with E-state index < -0.39 is 23.5 Å². The van der Waals surface area contributed by atoms with Gasteiger partial charge in [0.05, 0.1) is 18.8 Å². The predicted octanol–water partition coefficient (Wildman–Crippen LogP) is 3.09. The number of furan rings is 1. The molecule has 2 fully saturated rings. The topological polar surface area (TPSA) is 100 Å². The van der Waals surface area contributed by atoms with E-state index in [1.54, 1.807) is 29.0 Å². The first kappa shape index (κ1) is 23.3. The molecule has 3 heterocycles. The van der Waals surface area contributed by atoms with E-state index in [9.17, 15) is 19.5 Å². The summed E-state index contributed by atoms with van der Waals surface area (Å²) in [6, 6.07) is 2.57. The number of ether oxygens (including phenoxy) is 1. The van der Waals surface area contributed by atoms with Gasteiger partial charge in [-0.3, -0.25) is 14.4 Å². The van der Waals surface area contributed by atoms with Gasteiger partial charge in [0.15, 0.2) is 0 Å². The smallest absolute Gasteiger partial charge is 0.309 e. The minimum Gasteiger partial charge on any atom is -0.481 e. The molecule has 1 aromatic rings. The molecule has 2 aliphatic heterocycles. The van der Waals surface area contributed by atoms with Crippen LogP contribution in [0.15, 0.2) is 22.8 Å². The molecule has 0 radical (unpaired) electrons. The van der Waals surface area contributed by atoms with Gasteiger partial charge in [0, 0.05) is 26.6 Å². The fourth-order valence-electron chi connectivity index (χ4n) is 5.01. The average Bonchev–Trinajstić information content (AvgIpc) is 3.28. The van der Waals surface area contributed by atoms with Gasteiger partial charge in [0.2, 0.25) is 11.8 Å². The molecule has 1 N–H and O–H groups in total. The summed E-state index contributed by atoms with van der Waals surface area (Å²) in [7, 11) is 1.58. The van der Waals surface area contributed by atoms with Crippen molar-refractivity contribution < 1.29 is 28.6 Å². The zero-order valence-electron chi connectivity index (χ0n) is 18.9. The van der Waals surface area contributed by atoms with Crippen molar-refractivity contribution >= 4 is 17.8 Å². The first-order valence-electron chi connectivity index (χ1n) is 11.0. The van der Waals surface area contributed by atoms with Gasteiger partial charge in [-0.2, -0.15) is 0 Å².